The second-order valence-electron chi connectivity index (χ2n) is 4.53. The summed E-state index contributed by atoms with van der Waals surface area (Å²) in [6.07, 6.45) is 4.22. The Morgan fingerprint density at radius 2 is 0.947 bits per heavy atom. The van der Waals surface area contributed by atoms with Crippen LogP contribution in [0.4, 0.5) is 0 Å². The van der Waals surface area contributed by atoms with Crippen molar-refractivity contribution in [2.75, 3.05) is 26.4 Å². The van der Waals surface area contributed by atoms with Gasteiger partial charge >= 0.3 is 0 Å². The Balaban J connectivity index is 5.19. The van der Waals surface area contributed by atoms with Crippen LogP contribution in [0.3, 0.4) is 0 Å². The molecule has 4 N–H and O–H groups in total. The number of aliphatic hydroxyl groups is 4. The van der Waals surface area contributed by atoms with Gasteiger partial charge in [0.25, 0.3) is 0 Å². The largest absolute Gasteiger partial charge is 0.396 e. The van der Waals surface area contributed by atoms with E-state index in [1.165, 1.54) is 0 Å². The average Bonchev–Trinajstić information content (AvgIpc) is 2.39. The summed E-state index contributed by atoms with van der Waals surface area (Å²) in [5.74, 6) is 0. The van der Waals surface area contributed by atoms with E-state index in [4.69, 9.17) is 25.2 Å². The van der Waals surface area contributed by atoms with Gasteiger partial charge in [0.15, 0.2) is 0 Å². The Morgan fingerprint density at radius 1 is 0.684 bits per heavy atom. The predicted octanol–water partition coefficient (Wildman–Crippen LogP) is 0.382. The Bertz CT molecular complexity index is 227. The molecule has 0 saturated heterocycles. The van der Waals surface area contributed by atoms with Crippen molar-refractivity contribution in [3.63, 3.8) is 0 Å². The van der Waals surface area contributed by atoms with Crippen LogP contribution in [0.25, 0.3) is 0 Å². The van der Waals surface area contributed by atoms with Crippen molar-refractivity contribution in [2.45, 2.75) is 36.9 Å². The molecule has 0 atom stereocenters. The highest BCUT2D eigenvalue weighted by Crippen LogP contribution is 2.33. The normalized spacial score (nSPS) is 12.4. The predicted molar refractivity (Wildman–Crippen MR) is 73.8 cm³/mol. The lowest BCUT2D eigenvalue weighted by atomic mass is 9.90. The molecule has 0 aliphatic rings. The number of aliphatic hydroxyl groups excluding tert-OH is 4. The van der Waals surface area contributed by atoms with Gasteiger partial charge in [-0.25, -0.2) is 0 Å². The minimum absolute atomic E-state index is 0.114. The molecule has 0 radical (unpaired) electrons. The van der Waals surface area contributed by atoms with Crippen molar-refractivity contribution < 1.29 is 25.2 Å². The van der Waals surface area contributed by atoms with Crippen LogP contribution in [0.1, 0.15) is 25.7 Å². The average molecular weight is 274 g/mol. The summed E-state index contributed by atoms with van der Waals surface area (Å²) in [6.45, 7) is 6.95. The van der Waals surface area contributed by atoms with Crippen molar-refractivity contribution in [2.24, 2.45) is 0 Å². The third-order valence-corrected chi connectivity index (χ3v) is 3.29. The lowest BCUT2D eigenvalue weighted by molar-refractivity contribution is -0.137. The first-order valence-electron chi connectivity index (χ1n) is 6.48. The minimum Gasteiger partial charge on any atom is -0.396 e. The van der Waals surface area contributed by atoms with Gasteiger partial charge in [-0.1, -0.05) is 12.2 Å². The van der Waals surface area contributed by atoms with Crippen molar-refractivity contribution >= 4 is 0 Å². The van der Waals surface area contributed by atoms with E-state index in [9.17, 15) is 0 Å². The van der Waals surface area contributed by atoms with Gasteiger partial charge in [-0.05, 0) is 0 Å². The van der Waals surface area contributed by atoms with E-state index >= 15 is 0 Å². The van der Waals surface area contributed by atoms with Crippen LogP contribution in [0.2, 0.25) is 0 Å². The summed E-state index contributed by atoms with van der Waals surface area (Å²) in [5, 5.41) is 36.6. The molecule has 0 saturated carbocycles. The second kappa shape index (κ2) is 9.23. The van der Waals surface area contributed by atoms with Crippen LogP contribution in [-0.4, -0.2) is 58.1 Å². The van der Waals surface area contributed by atoms with Crippen LogP contribution in [-0.2, 0) is 4.74 Å². The molecule has 0 aliphatic heterocycles. The molecular weight excluding hydrogens is 248 g/mol. The van der Waals surface area contributed by atoms with Gasteiger partial charge in [0.1, 0.15) is 0 Å². The lowest BCUT2D eigenvalue weighted by Gasteiger charge is -2.41. The van der Waals surface area contributed by atoms with Crippen molar-refractivity contribution in [3.05, 3.63) is 25.3 Å². The zero-order chi connectivity index (χ0) is 14.8. The van der Waals surface area contributed by atoms with Crippen molar-refractivity contribution in [1.82, 2.24) is 0 Å². The summed E-state index contributed by atoms with van der Waals surface area (Å²) >= 11 is 0. The summed E-state index contributed by atoms with van der Waals surface area (Å²) in [4.78, 5) is 0. The molecule has 5 heteroatoms. The number of ether oxygens (including phenoxy) is 1. The highest BCUT2D eigenvalue weighted by molar-refractivity contribution is 5.05. The Labute approximate surface area is 114 Å². The molecule has 0 fully saturated rings. The van der Waals surface area contributed by atoms with E-state index in [2.05, 4.69) is 13.2 Å². The summed E-state index contributed by atoms with van der Waals surface area (Å²) in [5.41, 5.74) is -1.80. The molecule has 0 aromatic heterocycles. The van der Waals surface area contributed by atoms with Gasteiger partial charge in [0.2, 0.25) is 0 Å². The molecule has 5 nitrogen and oxygen atoms in total. The maximum Gasteiger partial charge on any atom is 0.0915 e. The molecule has 0 amide bonds. The minimum atomic E-state index is -0.901. The zero-order valence-electron chi connectivity index (χ0n) is 11.4. The summed E-state index contributed by atoms with van der Waals surface area (Å²) < 4.78 is 6.01. The van der Waals surface area contributed by atoms with Gasteiger partial charge < -0.3 is 25.2 Å². The van der Waals surface area contributed by atoms with Crippen LogP contribution in [0, 0.1) is 0 Å². The molecule has 0 spiro atoms. The van der Waals surface area contributed by atoms with Gasteiger partial charge in [0.05, 0.1) is 11.2 Å². The fourth-order valence-corrected chi connectivity index (χ4v) is 2.11. The molecule has 112 valence electrons. The fourth-order valence-electron chi connectivity index (χ4n) is 2.11. The molecule has 0 heterocycles. The third kappa shape index (κ3) is 5.42. The smallest absolute Gasteiger partial charge is 0.0915 e. The van der Waals surface area contributed by atoms with Gasteiger partial charge in [0, 0.05) is 52.1 Å². The topological polar surface area (TPSA) is 90.2 Å². The highest BCUT2D eigenvalue weighted by atomic mass is 16.5. The molecule has 0 bridgehead atoms. The summed E-state index contributed by atoms with van der Waals surface area (Å²) in [7, 11) is 0. The molecule has 0 aromatic rings. The first kappa shape index (κ1) is 18.3. The van der Waals surface area contributed by atoms with Crippen molar-refractivity contribution in [1.29, 1.82) is 0 Å². The van der Waals surface area contributed by atoms with E-state index in [0.29, 0.717) is 0 Å². The monoisotopic (exact) mass is 274 g/mol. The second-order valence-corrected chi connectivity index (χ2v) is 4.53. The summed E-state index contributed by atoms with van der Waals surface area (Å²) in [6, 6.07) is 0. The van der Waals surface area contributed by atoms with E-state index in [0.717, 1.165) is 0 Å². The maximum atomic E-state index is 9.15. The van der Waals surface area contributed by atoms with Crippen LogP contribution in [0.5, 0.6) is 0 Å². The quantitative estimate of drug-likeness (QED) is 0.386. The van der Waals surface area contributed by atoms with E-state index in [-0.39, 0.29) is 52.1 Å². The van der Waals surface area contributed by atoms with E-state index in [1.807, 2.05) is 0 Å². The molecule has 0 aliphatic carbocycles. The standard InChI is InChI=1S/C14H26O5/c1-3-13(5-9-15,6-10-16)19-14(4-2,7-11-17)8-12-18/h3-4,15-18H,1-2,5-12H2. The van der Waals surface area contributed by atoms with Crippen LogP contribution >= 0.6 is 0 Å². The molecule has 0 rings (SSSR count). The van der Waals surface area contributed by atoms with Gasteiger partial charge in [-0.3, -0.25) is 0 Å². The molecule has 0 unspecified atom stereocenters. The Morgan fingerprint density at radius 3 is 1.11 bits per heavy atom. The number of hydrogen-bond donors (Lipinski definition) is 4. The molecule has 0 aromatic carbocycles. The Hall–Kier alpha value is -0.720. The lowest BCUT2D eigenvalue weighted by Crippen LogP contribution is -2.45. The first-order valence-corrected chi connectivity index (χ1v) is 6.48. The Kier molecular flexibility index (Phi) is 8.88. The zero-order valence-corrected chi connectivity index (χ0v) is 11.4. The van der Waals surface area contributed by atoms with Gasteiger partial charge in [-0.15, -0.1) is 13.2 Å². The van der Waals surface area contributed by atoms with Crippen LogP contribution in [0.15, 0.2) is 25.3 Å². The highest BCUT2D eigenvalue weighted by Gasteiger charge is 2.37. The fraction of sp³-hybridized carbons (Fsp3) is 0.714. The number of rotatable bonds is 12. The molecular formula is C14H26O5. The third-order valence-electron chi connectivity index (χ3n) is 3.29. The SMILES string of the molecule is C=CC(CCO)(CCO)OC(C=C)(CCO)CCO. The van der Waals surface area contributed by atoms with Gasteiger partial charge in [-0.2, -0.15) is 0 Å². The van der Waals surface area contributed by atoms with Crippen molar-refractivity contribution in [3.8, 4) is 0 Å². The van der Waals surface area contributed by atoms with E-state index in [1.54, 1.807) is 12.2 Å². The number of hydrogen-bond acceptors (Lipinski definition) is 5. The molecule has 19 heavy (non-hydrogen) atoms. The van der Waals surface area contributed by atoms with Crippen LogP contribution < -0.4 is 0 Å². The van der Waals surface area contributed by atoms with E-state index < -0.39 is 11.2 Å². The maximum absolute atomic E-state index is 9.15. The first-order chi connectivity index (χ1) is 9.07.